The average molecular weight is 364 g/mol. The summed E-state index contributed by atoms with van der Waals surface area (Å²) in [6, 6.07) is 15.2. The van der Waals surface area contributed by atoms with E-state index in [0.717, 1.165) is 24.9 Å². The fraction of sp³-hybridized carbons (Fsp3) is 0.190. The van der Waals surface area contributed by atoms with Crippen LogP contribution in [0.3, 0.4) is 0 Å². The lowest BCUT2D eigenvalue weighted by atomic mass is 10.0. The minimum Gasteiger partial charge on any atom is -0.306 e. The van der Waals surface area contributed by atoms with Gasteiger partial charge in [0.25, 0.3) is 5.91 Å². The van der Waals surface area contributed by atoms with Crippen LogP contribution in [0.2, 0.25) is 0 Å². The lowest BCUT2D eigenvalue weighted by molar-refractivity contribution is -0.124. The zero-order chi connectivity index (χ0) is 17.9. The molecule has 1 aromatic heterocycles. The standard InChI is InChI=1S/C21H20N2O2S/c24-21(23-25)10-6-14-5-8-17-15(11-14)7-9-19(17)22-12-16-13-26-20-4-2-1-3-18(16)20/h1-6,8,10-11,13,19,22,25H,7,9,12H2,(H,23,24). The summed E-state index contributed by atoms with van der Waals surface area (Å²) in [5.74, 6) is -0.520. The highest BCUT2D eigenvalue weighted by Gasteiger charge is 2.22. The van der Waals surface area contributed by atoms with Gasteiger partial charge in [0.2, 0.25) is 0 Å². The molecule has 1 aliphatic rings. The fourth-order valence-corrected chi connectivity index (χ4v) is 4.53. The summed E-state index contributed by atoms with van der Waals surface area (Å²) < 4.78 is 1.33. The van der Waals surface area contributed by atoms with Gasteiger partial charge in [0.1, 0.15) is 0 Å². The number of nitrogens with one attached hydrogen (secondary N) is 2. The number of carbonyl (C=O) groups is 1. The highest BCUT2D eigenvalue weighted by Crippen LogP contribution is 2.33. The largest absolute Gasteiger partial charge is 0.306 e. The molecule has 0 aliphatic heterocycles. The van der Waals surface area contributed by atoms with Crippen molar-refractivity contribution in [1.29, 1.82) is 0 Å². The maximum atomic E-state index is 11.1. The quantitative estimate of drug-likeness (QED) is 0.361. The maximum absolute atomic E-state index is 11.1. The summed E-state index contributed by atoms with van der Waals surface area (Å²) in [4.78, 5) is 11.1. The van der Waals surface area contributed by atoms with Crippen molar-refractivity contribution in [1.82, 2.24) is 10.8 Å². The zero-order valence-electron chi connectivity index (χ0n) is 14.2. The van der Waals surface area contributed by atoms with Gasteiger partial charge in [-0.25, -0.2) is 5.48 Å². The van der Waals surface area contributed by atoms with Crippen molar-refractivity contribution in [3.05, 3.63) is 76.2 Å². The van der Waals surface area contributed by atoms with Gasteiger partial charge in [-0.3, -0.25) is 10.0 Å². The number of amides is 1. The molecule has 4 nitrogen and oxygen atoms in total. The van der Waals surface area contributed by atoms with Gasteiger partial charge in [-0.15, -0.1) is 11.3 Å². The molecule has 1 heterocycles. The van der Waals surface area contributed by atoms with Crippen LogP contribution in [0.5, 0.6) is 0 Å². The van der Waals surface area contributed by atoms with Crippen molar-refractivity contribution in [2.45, 2.75) is 25.4 Å². The molecule has 0 spiro atoms. The molecule has 0 saturated heterocycles. The maximum Gasteiger partial charge on any atom is 0.267 e. The average Bonchev–Trinajstić information content (AvgIpc) is 3.28. The second kappa shape index (κ2) is 7.41. The molecule has 26 heavy (non-hydrogen) atoms. The minimum absolute atomic E-state index is 0.363. The number of aryl methyl sites for hydroxylation is 1. The summed E-state index contributed by atoms with van der Waals surface area (Å²) in [6.07, 6.45) is 5.16. The molecular weight excluding hydrogens is 344 g/mol. The van der Waals surface area contributed by atoms with Gasteiger partial charge >= 0.3 is 0 Å². The van der Waals surface area contributed by atoms with Crippen LogP contribution in [0.15, 0.2) is 53.9 Å². The van der Waals surface area contributed by atoms with Crippen molar-refractivity contribution in [3.8, 4) is 0 Å². The highest BCUT2D eigenvalue weighted by atomic mass is 32.1. The van der Waals surface area contributed by atoms with Gasteiger partial charge in [-0.2, -0.15) is 0 Å². The molecule has 3 N–H and O–H groups in total. The Balaban J connectivity index is 1.46. The summed E-state index contributed by atoms with van der Waals surface area (Å²) in [6.45, 7) is 0.868. The van der Waals surface area contributed by atoms with Gasteiger partial charge in [0.15, 0.2) is 0 Å². The molecule has 0 radical (unpaired) electrons. The van der Waals surface area contributed by atoms with Gasteiger partial charge in [0, 0.05) is 23.4 Å². The zero-order valence-corrected chi connectivity index (χ0v) is 15.1. The molecule has 132 valence electrons. The third-order valence-electron chi connectivity index (χ3n) is 4.88. The summed E-state index contributed by atoms with van der Waals surface area (Å²) in [5, 5.41) is 15.8. The number of thiophene rings is 1. The first kappa shape index (κ1) is 17.0. The van der Waals surface area contributed by atoms with E-state index in [-0.39, 0.29) is 0 Å². The molecule has 5 heteroatoms. The van der Waals surface area contributed by atoms with Crippen LogP contribution in [-0.4, -0.2) is 11.1 Å². The number of fused-ring (bicyclic) bond motifs is 2. The Kier molecular flexibility index (Phi) is 4.84. The van der Waals surface area contributed by atoms with Crippen molar-refractivity contribution in [3.63, 3.8) is 0 Å². The van der Waals surface area contributed by atoms with Crippen molar-refractivity contribution in [2.24, 2.45) is 0 Å². The third kappa shape index (κ3) is 3.42. The molecule has 1 atom stereocenters. The number of rotatable bonds is 5. The van der Waals surface area contributed by atoms with Crippen LogP contribution in [0.1, 0.15) is 34.7 Å². The van der Waals surface area contributed by atoms with E-state index in [9.17, 15) is 4.79 Å². The molecule has 3 aromatic rings. The molecule has 1 unspecified atom stereocenters. The first-order valence-corrected chi connectivity index (χ1v) is 9.56. The van der Waals surface area contributed by atoms with E-state index in [1.807, 2.05) is 6.07 Å². The Labute approximate surface area is 156 Å². The highest BCUT2D eigenvalue weighted by molar-refractivity contribution is 7.17. The minimum atomic E-state index is -0.520. The van der Waals surface area contributed by atoms with Crippen molar-refractivity contribution >= 4 is 33.4 Å². The number of hydroxylamine groups is 1. The topological polar surface area (TPSA) is 61.4 Å². The molecule has 0 saturated carbocycles. The number of hydrogen-bond acceptors (Lipinski definition) is 4. The van der Waals surface area contributed by atoms with E-state index in [2.05, 4.69) is 47.1 Å². The Morgan fingerprint density at radius 1 is 1.27 bits per heavy atom. The molecular formula is C21H20N2O2S. The molecule has 0 fully saturated rings. The van der Waals surface area contributed by atoms with Gasteiger partial charge in [-0.1, -0.05) is 36.4 Å². The molecule has 0 bridgehead atoms. The Bertz CT molecular complexity index is 977. The van der Waals surface area contributed by atoms with Crippen LogP contribution >= 0.6 is 11.3 Å². The summed E-state index contributed by atoms with van der Waals surface area (Å²) >= 11 is 1.80. The van der Waals surface area contributed by atoms with Gasteiger partial charge in [-0.05, 0) is 58.0 Å². The van der Waals surface area contributed by atoms with E-state index in [1.165, 1.54) is 32.9 Å². The lowest BCUT2D eigenvalue weighted by Gasteiger charge is -2.14. The smallest absolute Gasteiger partial charge is 0.267 e. The monoisotopic (exact) mass is 364 g/mol. The second-order valence-electron chi connectivity index (χ2n) is 6.50. The number of carbonyl (C=O) groups excluding carboxylic acids is 1. The molecule has 4 rings (SSSR count). The molecule has 1 amide bonds. The van der Waals surface area contributed by atoms with E-state index >= 15 is 0 Å². The SMILES string of the molecule is O=C(C=Cc1ccc2c(c1)CCC2NCc1csc2ccccc12)NO. The second-order valence-corrected chi connectivity index (χ2v) is 7.41. The van der Waals surface area contributed by atoms with Crippen molar-refractivity contribution in [2.75, 3.05) is 0 Å². The van der Waals surface area contributed by atoms with Crippen LogP contribution in [0.25, 0.3) is 16.2 Å². The van der Waals surface area contributed by atoms with Crippen LogP contribution < -0.4 is 10.8 Å². The van der Waals surface area contributed by atoms with E-state index in [4.69, 9.17) is 5.21 Å². The number of hydrogen-bond donors (Lipinski definition) is 3. The summed E-state index contributed by atoms with van der Waals surface area (Å²) in [5.41, 5.74) is 6.59. The predicted octanol–water partition coefficient (Wildman–Crippen LogP) is 4.20. The predicted molar refractivity (Wildman–Crippen MR) is 105 cm³/mol. The first-order chi connectivity index (χ1) is 12.7. The van der Waals surface area contributed by atoms with Crippen LogP contribution in [0.4, 0.5) is 0 Å². The summed E-state index contributed by atoms with van der Waals surface area (Å²) in [7, 11) is 0. The fourth-order valence-electron chi connectivity index (χ4n) is 3.57. The van der Waals surface area contributed by atoms with Gasteiger partial charge < -0.3 is 5.32 Å². The van der Waals surface area contributed by atoms with E-state index in [1.54, 1.807) is 22.9 Å². The van der Waals surface area contributed by atoms with Crippen molar-refractivity contribution < 1.29 is 10.0 Å². The Morgan fingerprint density at radius 2 is 2.15 bits per heavy atom. The van der Waals surface area contributed by atoms with E-state index < -0.39 is 5.91 Å². The normalized spacial score (nSPS) is 16.3. The number of benzene rings is 2. The lowest BCUT2D eigenvalue weighted by Crippen LogP contribution is -2.18. The van der Waals surface area contributed by atoms with Crippen LogP contribution in [0, 0.1) is 0 Å². The van der Waals surface area contributed by atoms with E-state index in [0.29, 0.717) is 6.04 Å². The first-order valence-electron chi connectivity index (χ1n) is 8.68. The third-order valence-corrected chi connectivity index (χ3v) is 5.89. The van der Waals surface area contributed by atoms with Gasteiger partial charge in [0.05, 0.1) is 0 Å². The Hall–Kier alpha value is -2.47. The van der Waals surface area contributed by atoms with Crippen LogP contribution in [-0.2, 0) is 17.8 Å². The Morgan fingerprint density at radius 3 is 3.04 bits per heavy atom. The molecule has 2 aromatic carbocycles. The molecule has 1 aliphatic carbocycles.